The van der Waals surface area contributed by atoms with Crippen molar-refractivity contribution in [3.05, 3.63) is 65.9 Å². The molecule has 0 aliphatic heterocycles. The molecule has 0 aliphatic rings. The van der Waals surface area contributed by atoms with E-state index in [9.17, 15) is 4.79 Å². The minimum Gasteiger partial charge on any atom is -0.493 e. The maximum Gasteiger partial charge on any atom is 0.343 e. The number of rotatable bonds is 7. The largest absolute Gasteiger partial charge is 0.493 e. The van der Waals surface area contributed by atoms with Crippen LogP contribution in [0.2, 0.25) is 0 Å². The molecule has 0 saturated carbocycles. The molecule has 148 valence electrons. The highest BCUT2D eigenvalue weighted by atomic mass is 16.5. The van der Waals surface area contributed by atoms with Gasteiger partial charge in [-0.2, -0.15) is 5.10 Å². The first-order chi connectivity index (χ1) is 13.1. The Balaban J connectivity index is 0.00000280. The number of esters is 1. The Bertz CT molecular complexity index is 923. The van der Waals surface area contributed by atoms with E-state index >= 15 is 0 Å². The number of ether oxygens (including phenoxy) is 3. The number of aromatic nitrogens is 2. The number of nitrogen functional groups attached to an aromatic ring is 1. The molecule has 7 heteroatoms. The molecule has 0 bridgehead atoms. The summed E-state index contributed by atoms with van der Waals surface area (Å²) in [6.07, 6.45) is 1.39. The first-order valence-electron chi connectivity index (χ1n) is 8.49. The van der Waals surface area contributed by atoms with Crippen molar-refractivity contribution in [3.63, 3.8) is 0 Å². The molecular formula is C21H25N3O4. The van der Waals surface area contributed by atoms with Crippen molar-refractivity contribution < 1.29 is 19.0 Å². The van der Waals surface area contributed by atoms with Gasteiger partial charge in [-0.1, -0.05) is 37.8 Å². The molecule has 0 atom stereocenters. The monoisotopic (exact) mass is 383 g/mol. The fraction of sp³-hybridized carbons (Fsp3) is 0.238. The summed E-state index contributed by atoms with van der Waals surface area (Å²) in [7, 11) is 1.56. The minimum atomic E-state index is -0.504. The molecule has 1 aromatic heterocycles. The van der Waals surface area contributed by atoms with Gasteiger partial charge in [0.25, 0.3) is 0 Å². The minimum absolute atomic E-state index is 0. The van der Waals surface area contributed by atoms with Crippen LogP contribution in [0.15, 0.2) is 54.7 Å². The van der Waals surface area contributed by atoms with Crippen molar-refractivity contribution in [1.29, 1.82) is 0 Å². The van der Waals surface area contributed by atoms with E-state index < -0.39 is 5.97 Å². The first-order valence-corrected chi connectivity index (χ1v) is 8.49. The van der Waals surface area contributed by atoms with Crippen LogP contribution >= 0.6 is 0 Å². The van der Waals surface area contributed by atoms with Gasteiger partial charge < -0.3 is 19.9 Å². The molecule has 0 saturated heterocycles. The third kappa shape index (κ3) is 4.43. The van der Waals surface area contributed by atoms with E-state index in [-0.39, 0.29) is 25.4 Å². The molecule has 0 amide bonds. The van der Waals surface area contributed by atoms with Crippen LogP contribution in [-0.4, -0.2) is 29.5 Å². The van der Waals surface area contributed by atoms with Gasteiger partial charge in [-0.15, -0.1) is 0 Å². The molecule has 3 rings (SSSR count). The lowest BCUT2D eigenvalue weighted by Crippen LogP contribution is -2.09. The molecule has 0 radical (unpaired) electrons. The number of nitrogens with two attached hydrogens (primary N) is 1. The second-order valence-corrected chi connectivity index (χ2v) is 5.69. The quantitative estimate of drug-likeness (QED) is 0.623. The van der Waals surface area contributed by atoms with Crippen LogP contribution < -0.4 is 15.2 Å². The zero-order valence-corrected chi connectivity index (χ0v) is 15.2. The molecule has 28 heavy (non-hydrogen) atoms. The van der Waals surface area contributed by atoms with Gasteiger partial charge >= 0.3 is 5.97 Å². The molecule has 2 N–H and O–H groups in total. The topological polar surface area (TPSA) is 88.6 Å². The number of benzene rings is 2. The van der Waals surface area contributed by atoms with E-state index in [0.29, 0.717) is 23.8 Å². The normalized spacial score (nSPS) is 10.1. The average molecular weight is 383 g/mol. The summed E-state index contributed by atoms with van der Waals surface area (Å²) in [4.78, 5) is 11.9. The van der Waals surface area contributed by atoms with Crippen molar-refractivity contribution in [2.75, 3.05) is 19.5 Å². The number of anilines is 1. The van der Waals surface area contributed by atoms with Gasteiger partial charge in [0.15, 0.2) is 11.5 Å². The summed E-state index contributed by atoms with van der Waals surface area (Å²) in [6.45, 7) is 2.43. The van der Waals surface area contributed by atoms with Gasteiger partial charge in [-0.05, 0) is 24.6 Å². The van der Waals surface area contributed by atoms with Crippen LogP contribution in [0.25, 0.3) is 5.69 Å². The maximum atomic E-state index is 11.9. The standard InChI is InChI=1S/C20H21N3O4.CH4/c1-3-26-20(24)16-12-22-23(19(16)21)15-9-10-17(18(11-15)25-2)27-13-14-7-5-4-6-8-14;/h4-12H,3,13,21H2,1-2H3;1H4. The number of hydrogen-bond donors (Lipinski definition) is 1. The van der Waals surface area contributed by atoms with Crippen LogP contribution in [0.4, 0.5) is 5.82 Å². The zero-order valence-electron chi connectivity index (χ0n) is 15.2. The Hall–Kier alpha value is -3.48. The van der Waals surface area contributed by atoms with Gasteiger partial charge in [0.1, 0.15) is 18.0 Å². The number of carbonyl (C=O) groups is 1. The molecule has 0 unspecified atom stereocenters. The number of carbonyl (C=O) groups excluding carboxylic acids is 1. The summed E-state index contributed by atoms with van der Waals surface area (Å²) in [5.74, 6) is 0.835. The fourth-order valence-electron chi connectivity index (χ4n) is 2.57. The van der Waals surface area contributed by atoms with Crippen LogP contribution in [0.1, 0.15) is 30.3 Å². The van der Waals surface area contributed by atoms with Gasteiger partial charge in [0.05, 0.1) is 25.6 Å². The molecule has 1 heterocycles. The predicted octanol–water partition coefficient (Wildman–Crippen LogP) is 3.85. The molecule has 0 spiro atoms. The van der Waals surface area contributed by atoms with E-state index in [4.69, 9.17) is 19.9 Å². The number of methoxy groups -OCH3 is 1. The van der Waals surface area contributed by atoms with Gasteiger partial charge in [0.2, 0.25) is 0 Å². The molecule has 7 nitrogen and oxygen atoms in total. The fourth-order valence-corrected chi connectivity index (χ4v) is 2.57. The summed E-state index contributed by atoms with van der Waals surface area (Å²) in [5, 5.41) is 4.18. The van der Waals surface area contributed by atoms with E-state index in [1.165, 1.54) is 10.9 Å². The average Bonchev–Trinajstić information content (AvgIpc) is 3.08. The zero-order chi connectivity index (χ0) is 19.2. The lowest BCUT2D eigenvalue weighted by molar-refractivity contribution is 0.0527. The summed E-state index contributed by atoms with van der Waals surface area (Å²) < 4.78 is 17.7. The van der Waals surface area contributed by atoms with Crippen LogP contribution in [0.3, 0.4) is 0 Å². The Labute approximate surface area is 164 Å². The van der Waals surface area contributed by atoms with Crippen molar-refractivity contribution in [3.8, 4) is 17.2 Å². The molecule has 0 aliphatic carbocycles. The molecule has 3 aromatic rings. The molecule has 2 aromatic carbocycles. The lowest BCUT2D eigenvalue weighted by atomic mass is 10.2. The van der Waals surface area contributed by atoms with E-state index in [2.05, 4.69) is 5.10 Å². The third-order valence-electron chi connectivity index (χ3n) is 3.93. The van der Waals surface area contributed by atoms with E-state index in [1.54, 1.807) is 32.2 Å². The van der Waals surface area contributed by atoms with Gasteiger partial charge in [0, 0.05) is 6.07 Å². The Morgan fingerprint density at radius 3 is 2.57 bits per heavy atom. The first kappa shape index (κ1) is 20.8. The van der Waals surface area contributed by atoms with Crippen LogP contribution in [0, 0.1) is 0 Å². The summed E-state index contributed by atoms with van der Waals surface area (Å²) in [5.41, 5.74) is 7.98. The highest BCUT2D eigenvalue weighted by Crippen LogP contribution is 2.31. The Morgan fingerprint density at radius 2 is 1.89 bits per heavy atom. The maximum absolute atomic E-state index is 11.9. The summed E-state index contributed by atoms with van der Waals surface area (Å²) >= 11 is 0. The Morgan fingerprint density at radius 1 is 1.14 bits per heavy atom. The second-order valence-electron chi connectivity index (χ2n) is 5.69. The molecule has 0 fully saturated rings. The number of nitrogens with zero attached hydrogens (tertiary/aromatic N) is 2. The SMILES string of the molecule is C.CCOC(=O)c1cnn(-c2ccc(OCc3ccccc3)c(OC)c2)c1N. The highest BCUT2D eigenvalue weighted by Gasteiger charge is 2.18. The van der Waals surface area contributed by atoms with Crippen molar-refractivity contribution in [2.45, 2.75) is 21.0 Å². The highest BCUT2D eigenvalue weighted by molar-refractivity contribution is 5.94. The smallest absolute Gasteiger partial charge is 0.343 e. The lowest BCUT2D eigenvalue weighted by Gasteiger charge is -2.13. The van der Waals surface area contributed by atoms with Crippen molar-refractivity contribution >= 4 is 11.8 Å². The van der Waals surface area contributed by atoms with Gasteiger partial charge in [-0.25, -0.2) is 9.48 Å². The predicted molar refractivity (Wildman–Crippen MR) is 108 cm³/mol. The molecular weight excluding hydrogens is 358 g/mol. The van der Waals surface area contributed by atoms with E-state index in [0.717, 1.165) is 5.56 Å². The van der Waals surface area contributed by atoms with Crippen LogP contribution in [0.5, 0.6) is 11.5 Å². The van der Waals surface area contributed by atoms with Crippen molar-refractivity contribution in [1.82, 2.24) is 9.78 Å². The van der Waals surface area contributed by atoms with Crippen molar-refractivity contribution in [2.24, 2.45) is 0 Å². The number of hydrogen-bond acceptors (Lipinski definition) is 6. The third-order valence-corrected chi connectivity index (χ3v) is 3.93. The second kappa shape index (κ2) is 9.45. The van der Waals surface area contributed by atoms with Gasteiger partial charge in [-0.3, -0.25) is 0 Å². The Kier molecular flexibility index (Phi) is 7.03. The summed E-state index contributed by atoms with van der Waals surface area (Å²) in [6, 6.07) is 15.2. The van der Waals surface area contributed by atoms with Crippen LogP contribution in [-0.2, 0) is 11.3 Å². The van der Waals surface area contributed by atoms with E-state index in [1.807, 2.05) is 30.3 Å².